The molecular formula is C25H27F4N5O2S. The number of aromatic nitrogens is 3. The molecule has 1 aromatic carbocycles. The number of amides is 1. The van der Waals surface area contributed by atoms with Crippen LogP contribution in [0.4, 0.5) is 17.6 Å². The molecular weight excluding hydrogens is 510 g/mol. The van der Waals surface area contributed by atoms with Crippen LogP contribution in [0.1, 0.15) is 52.4 Å². The molecule has 1 N–H and O–H groups in total. The number of hydrogen-bond donors (Lipinski definition) is 1. The third-order valence-corrected chi connectivity index (χ3v) is 6.99. The van der Waals surface area contributed by atoms with E-state index in [1.807, 2.05) is 18.9 Å². The fourth-order valence-corrected chi connectivity index (χ4v) is 4.89. The van der Waals surface area contributed by atoms with Crippen LogP contribution in [0, 0.1) is 6.92 Å². The number of nitrogens with one attached hydrogen (secondary N) is 1. The number of carbonyl (C=O) groups is 1. The number of rotatable bonds is 7. The zero-order chi connectivity index (χ0) is 26.8. The second-order valence-electron chi connectivity index (χ2n) is 9.34. The Morgan fingerprint density at radius 1 is 1.22 bits per heavy atom. The van der Waals surface area contributed by atoms with Gasteiger partial charge in [0.15, 0.2) is 5.67 Å². The lowest BCUT2D eigenvalue weighted by molar-refractivity contribution is -0.145. The van der Waals surface area contributed by atoms with Crippen LogP contribution in [0.2, 0.25) is 0 Å². The average Bonchev–Trinajstić information content (AvgIpc) is 3.28. The lowest BCUT2D eigenvalue weighted by Crippen LogP contribution is -2.47. The third-order valence-electron chi connectivity index (χ3n) is 6.03. The van der Waals surface area contributed by atoms with E-state index in [0.29, 0.717) is 28.3 Å². The Balaban J connectivity index is 1.54. The minimum atomic E-state index is -4.65. The molecule has 0 aliphatic carbocycles. The molecule has 4 rings (SSSR count). The van der Waals surface area contributed by atoms with Gasteiger partial charge in [0, 0.05) is 46.7 Å². The number of hydrogen-bond acceptors (Lipinski definition) is 7. The van der Waals surface area contributed by atoms with E-state index < -0.39 is 29.6 Å². The molecule has 1 aliphatic heterocycles. The first-order chi connectivity index (χ1) is 17.4. The summed E-state index contributed by atoms with van der Waals surface area (Å²) in [5.74, 6) is -1.41. The van der Waals surface area contributed by atoms with Crippen molar-refractivity contribution in [2.24, 2.45) is 0 Å². The second-order valence-corrected chi connectivity index (χ2v) is 10.6. The number of carbonyl (C=O) groups excluding carboxylic acids is 1. The molecule has 0 radical (unpaired) electrons. The van der Waals surface area contributed by atoms with E-state index >= 15 is 4.39 Å². The molecule has 37 heavy (non-hydrogen) atoms. The average molecular weight is 538 g/mol. The van der Waals surface area contributed by atoms with Crippen LogP contribution in [-0.4, -0.2) is 58.2 Å². The molecule has 2 aromatic heterocycles. The van der Waals surface area contributed by atoms with Gasteiger partial charge in [0.2, 0.25) is 5.82 Å². The van der Waals surface area contributed by atoms with Gasteiger partial charge in [-0.2, -0.15) is 13.2 Å². The van der Waals surface area contributed by atoms with Gasteiger partial charge in [-0.05, 0) is 58.5 Å². The number of thiazole rings is 1. The second kappa shape index (κ2) is 10.7. The number of benzene rings is 1. The highest BCUT2D eigenvalue weighted by atomic mass is 32.1. The van der Waals surface area contributed by atoms with Gasteiger partial charge in [0.25, 0.3) is 5.91 Å². The van der Waals surface area contributed by atoms with E-state index in [2.05, 4.69) is 20.3 Å². The number of halogens is 4. The van der Waals surface area contributed by atoms with Gasteiger partial charge in [0.1, 0.15) is 17.4 Å². The smallest absolute Gasteiger partial charge is 0.451 e. The maximum Gasteiger partial charge on any atom is 0.451 e. The third kappa shape index (κ3) is 6.80. The van der Waals surface area contributed by atoms with Gasteiger partial charge in [-0.15, -0.1) is 11.3 Å². The Bertz CT molecular complexity index is 1250. The first-order valence-electron chi connectivity index (χ1n) is 11.7. The lowest BCUT2D eigenvalue weighted by Gasteiger charge is -2.35. The quantitative estimate of drug-likeness (QED) is 0.416. The van der Waals surface area contributed by atoms with Crippen LogP contribution < -0.4 is 10.1 Å². The number of likely N-dealkylation sites (tertiary alicyclic amines) is 1. The summed E-state index contributed by atoms with van der Waals surface area (Å²) in [4.78, 5) is 27.1. The van der Waals surface area contributed by atoms with Crippen molar-refractivity contribution >= 4 is 17.2 Å². The maximum absolute atomic E-state index is 15.3. The van der Waals surface area contributed by atoms with E-state index in [1.165, 1.54) is 17.4 Å². The molecule has 0 bridgehead atoms. The number of piperidine rings is 1. The minimum absolute atomic E-state index is 0.155. The van der Waals surface area contributed by atoms with Crippen molar-refractivity contribution in [3.05, 3.63) is 58.6 Å². The Labute approximate surface area is 215 Å². The van der Waals surface area contributed by atoms with Crippen molar-refractivity contribution in [2.75, 3.05) is 26.7 Å². The predicted octanol–water partition coefficient (Wildman–Crippen LogP) is 5.23. The Morgan fingerprint density at radius 3 is 2.57 bits per heavy atom. The van der Waals surface area contributed by atoms with E-state index in [1.54, 1.807) is 25.3 Å². The summed E-state index contributed by atoms with van der Waals surface area (Å²) < 4.78 is 59.4. The minimum Gasteiger partial charge on any atom is -0.490 e. The summed E-state index contributed by atoms with van der Waals surface area (Å²) in [6.45, 7) is 4.46. The van der Waals surface area contributed by atoms with Gasteiger partial charge >= 0.3 is 6.18 Å². The van der Waals surface area contributed by atoms with Crippen molar-refractivity contribution in [1.82, 2.24) is 25.2 Å². The van der Waals surface area contributed by atoms with Gasteiger partial charge in [-0.3, -0.25) is 4.79 Å². The zero-order valence-electron chi connectivity index (χ0n) is 20.6. The van der Waals surface area contributed by atoms with E-state index in [4.69, 9.17) is 4.74 Å². The van der Waals surface area contributed by atoms with Crippen LogP contribution in [0.3, 0.4) is 0 Å². The molecule has 3 aromatic rings. The SMILES string of the molecule is Cc1cnc(-c2cc(OC[C@]3(F)CCCN(C)C3)cc(C(=O)N[C@H](C)c3cnc(C(F)(F)F)nc3)c2)s1. The normalized spacial score (nSPS) is 19.4. The molecule has 7 nitrogen and oxygen atoms in total. The van der Waals surface area contributed by atoms with E-state index in [-0.39, 0.29) is 18.7 Å². The standard InChI is InChI=1S/C25H27F4N5O2S/c1-15-10-30-22(37-15)18-7-17(8-20(9-18)36-14-24(26)5-4-6-34(3)13-24)21(35)33-16(2)19-11-31-23(32-12-19)25(27,28)29/h7-12,16H,4-6,13-14H2,1-3H3,(H,33,35)/t16-,24+/m1/s1. The van der Waals surface area contributed by atoms with Crippen molar-refractivity contribution < 1.29 is 27.1 Å². The molecule has 0 unspecified atom stereocenters. The molecule has 198 valence electrons. The molecule has 1 fully saturated rings. The molecule has 1 amide bonds. The maximum atomic E-state index is 15.3. The molecule has 12 heteroatoms. The summed E-state index contributed by atoms with van der Waals surface area (Å²) in [5.41, 5.74) is -0.306. The summed E-state index contributed by atoms with van der Waals surface area (Å²) in [5, 5.41) is 3.42. The highest BCUT2D eigenvalue weighted by Crippen LogP contribution is 2.32. The summed E-state index contributed by atoms with van der Waals surface area (Å²) >= 11 is 1.44. The van der Waals surface area contributed by atoms with Crippen LogP contribution in [0.25, 0.3) is 10.6 Å². The molecule has 1 saturated heterocycles. The number of alkyl halides is 4. The Kier molecular flexibility index (Phi) is 7.79. The van der Waals surface area contributed by atoms with Crippen molar-refractivity contribution in [1.29, 1.82) is 0 Å². The van der Waals surface area contributed by atoms with E-state index in [9.17, 15) is 18.0 Å². The zero-order valence-corrected chi connectivity index (χ0v) is 21.4. The largest absolute Gasteiger partial charge is 0.490 e. The fourth-order valence-electron chi connectivity index (χ4n) is 4.13. The van der Waals surface area contributed by atoms with Gasteiger partial charge in [0.05, 0.1) is 6.04 Å². The van der Waals surface area contributed by atoms with Crippen molar-refractivity contribution in [2.45, 2.75) is 44.6 Å². The topological polar surface area (TPSA) is 80.2 Å². The Hall–Kier alpha value is -3.12. The highest BCUT2D eigenvalue weighted by Gasteiger charge is 2.36. The van der Waals surface area contributed by atoms with Crippen LogP contribution in [0.5, 0.6) is 5.75 Å². The van der Waals surface area contributed by atoms with Crippen molar-refractivity contribution in [3.63, 3.8) is 0 Å². The Morgan fingerprint density at radius 2 is 1.95 bits per heavy atom. The van der Waals surface area contributed by atoms with Gasteiger partial charge in [-0.25, -0.2) is 19.3 Å². The first-order valence-corrected chi connectivity index (χ1v) is 12.5. The molecule has 0 saturated carbocycles. The van der Waals surface area contributed by atoms with Crippen LogP contribution >= 0.6 is 11.3 Å². The fraction of sp³-hybridized carbons (Fsp3) is 0.440. The first kappa shape index (κ1) is 26.9. The highest BCUT2D eigenvalue weighted by molar-refractivity contribution is 7.14. The van der Waals surface area contributed by atoms with Crippen LogP contribution in [-0.2, 0) is 6.18 Å². The lowest BCUT2D eigenvalue weighted by atomic mass is 9.96. The number of nitrogens with zero attached hydrogens (tertiary/aromatic N) is 4. The summed E-state index contributed by atoms with van der Waals surface area (Å²) in [7, 11) is 1.87. The molecule has 0 spiro atoms. The number of ether oxygens (including phenoxy) is 1. The van der Waals surface area contributed by atoms with E-state index in [0.717, 1.165) is 30.2 Å². The predicted molar refractivity (Wildman–Crippen MR) is 131 cm³/mol. The van der Waals surface area contributed by atoms with Gasteiger partial charge < -0.3 is 15.0 Å². The van der Waals surface area contributed by atoms with Crippen LogP contribution in [0.15, 0.2) is 36.8 Å². The van der Waals surface area contributed by atoms with Gasteiger partial charge in [-0.1, -0.05) is 0 Å². The molecule has 1 aliphatic rings. The van der Waals surface area contributed by atoms with Crippen molar-refractivity contribution in [3.8, 4) is 16.3 Å². The summed E-state index contributed by atoms with van der Waals surface area (Å²) in [6, 6.07) is 4.22. The number of aryl methyl sites for hydroxylation is 1. The summed E-state index contributed by atoms with van der Waals surface area (Å²) in [6.07, 6.45) is 0.254. The molecule has 3 heterocycles. The monoisotopic (exact) mass is 537 g/mol. The molecule has 2 atom stereocenters.